The second kappa shape index (κ2) is 5.85. The number of aromatic carboxylic acids is 1. The monoisotopic (exact) mass is 403 g/mol. The quantitative estimate of drug-likeness (QED) is 0.804. The topological polar surface area (TPSA) is 66.4 Å². The molecule has 0 saturated heterocycles. The number of rotatable bonds is 3. The first-order valence-corrected chi connectivity index (χ1v) is 7.47. The average Bonchev–Trinajstić information content (AvgIpc) is 2.70. The summed E-state index contributed by atoms with van der Waals surface area (Å²) >= 11 is 7.91. The number of hydrogen-bond acceptors (Lipinski definition) is 3. The highest BCUT2D eigenvalue weighted by Crippen LogP contribution is 2.32. The zero-order valence-corrected chi connectivity index (χ0v) is 13.3. The fourth-order valence-electron chi connectivity index (χ4n) is 1.38. The van der Waals surface area contributed by atoms with E-state index in [1.807, 2.05) is 0 Å². The summed E-state index contributed by atoms with van der Waals surface area (Å²) in [6.07, 6.45) is 0. The van der Waals surface area contributed by atoms with Crippen molar-refractivity contribution in [2.24, 2.45) is 0 Å². The third-order valence-corrected chi connectivity index (χ3v) is 5.49. The zero-order chi connectivity index (χ0) is 14.0. The van der Waals surface area contributed by atoms with Crippen LogP contribution in [0.4, 0.5) is 5.69 Å². The minimum absolute atomic E-state index is 0.131. The highest BCUT2D eigenvalue weighted by atomic mass is 79.9. The first-order valence-electron chi connectivity index (χ1n) is 5.07. The van der Waals surface area contributed by atoms with Crippen molar-refractivity contribution in [1.29, 1.82) is 0 Å². The van der Waals surface area contributed by atoms with Crippen LogP contribution in [0.15, 0.2) is 38.6 Å². The van der Waals surface area contributed by atoms with E-state index in [-0.39, 0.29) is 11.5 Å². The highest BCUT2D eigenvalue weighted by molar-refractivity contribution is 9.13. The standard InChI is InChI=1S/C12H7Br2NO3S/c13-8-5-9(19-10(8)14)11(16)15-7-3-1-2-6(4-7)12(17)18/h1-5H,(H,15,16)(H,17,18). The molecule has 19 heavy (non-hydrogen) atoms. The van der Waals surface area contributed by atoms with E-state index in [1.54, 1.807) is 18.2 Å². The van der Waals surface area contributed by atoms with E-state index in [0.29, 0.717) is 10.6 Å². The number of anilines is 1. The maximum atomic E-state index is 12.0. The smallest absolute Gasteiger partial charge is 0.335 e. The van der Waals surface area contributed by atoms with E-state index in [1.165, 1.54) is 23.5 Å². The maximum Gasteiger partial charge on any atom is 0.335 e. The Bertz CT molecular complexity index is 635. The molecule has 4 nitrogen and oxygen atoms in total. The molecule has 1 heterocycles. The zero-order valence-electron chi connectivity index (χ0n) is 9.31. The summed E-state index contributed by atoms with van der Waals surface area (Å²) in [5.74, 6) is -1.31. The Kier molecular flexibility index (Phi) is 4.38. The Hall–Kier alpha value is -1.18. The molecule has 2 N–H and O–H groups in total. The third-order valence-electron chi connectivity index (χ3n) is 2.24. The molecule has 0 atom stereocenters. The van der Waals surface area contributed by atoms with Crippen molar-refractivity contribution in [1.82, 2.24) is 0 Å². The summed E-state index contributed by atoms with van der Waals surface area (Å²) in [6.45, 7) is 0. The number of carbonyl (C=O) groups is 2. The van der Waals surface area contributed by atoms with E-state index in [9.17, 15) is 9.59 Å². The van der Waals surface area contributed by atoms with Crippen LogP contribution < -0.4 is 5.32 Å². The van der Waals surface area contributed by atoms with Crippen molar-refractivity contribution in [2.75, 3.05) is 5.32 Å². The van der Waals surface area contributed by atoms with Crippen LogP contribution in [-0.4, -0.2) is 17.0 Å². The van der Waals surface area contributed by atoms with Crippen molar-refractivity contribution < 1.29 is 14.7 Å². The van der Waals surface area contributed by atoms with Crippen molar-refractivity contribution in [3.05, 3.63) is 49.0 Å². The lowest BCUT2D eigenvalue weighted by Gasteiger charge is -2.04. The number of halogens is 2. The van der Waals surface area contributed by atoms with Gasteiger partial charge in [-0.2, -0.15) is 0 Å². The van der Waals surface area contributed by atoms with E-state index in [0.717, 1.165) is 8.26 Å². The second-order valence-electron chi connectivity index (χ2n) is 3.57. The lowest BCUT2D eigenvalue weighted by atomic mass is 10.2. The average molecular weight is 405 g/mol. The van der Waals surface area contributed by atoms with Crippen LogP contribution in [0.1, 0.15) is 20.0 Å². The molecule has 2 aromatic rings. The van der Waals surface area contributed by atoms with Gasteiger partial charge in [0, 0.05) is 10.2 Å². The Morgan fingerprint density at radius 2 is 1.95 bits per heavy atom. The summed E-state index contributed by atoms with van der Waals surface area (Å²) < 4.78 is 1.64. The number of carbonyl (C=O) groups excluding carboxylic acids is 1. The van der Waals surface area contributed by atoms with E-state index < -0.39 is 5.97 Å². The van der Waals surface area contributed by atoms with Crippen LogP contribution in [-0.2, 0) is 0 Å². The minimum Gasteiger partial charge on any atom is -0.478 e. The molecule has 0 spiro atoms. The Balaban J connectivity index is 2.19. The normalized spacial score (nSPS) is 10.2. The molecule has 1 aromatic carbocycles. The molecule has 0 aliphatic carbocycles. The second-order valence-corrected chi connectivity index (χ2v) is 6.80. The van der Waals surface area contributed by atoms with Crippen LogP contribution in [0, 0.1) is 0 Å². The van der Waals surface area contributed by atoms with Crippen LogP contribution in [0.3, 0.4) is 0 Å². The maximum absolute atomic E-state index is 12.0. The van der Waals surface area contributed by atoms with E-state index >= 15 is 0 Å². The summed E-state index contributed by atoms with van der Waals surface area (Å²) in [7, 11) is 0. The number of benzene rings is 1. The van der Waals surface area contributed by atoms with Gasteiger partial charge in [0.25, 0.3) is 5.91 Å². The van der Waals surface area contributed by atoms with E-state index in [4.69, 9.17) is 5.11 Å². The van der Waals surface area contributed by atoms with Gasteiger partial charge in [-0.25, -0.2) is 4.79 Å². The molecule has 0 unspecified atom stereocenters. The van der Waals surface area contributed by atoms with Gasteiger partial charge in [0.05, 0.1) is 14.2 Å². The van der Waals surface area contributed by atoms with Gasteiger partial charge in [-0.05, 0) is 56.1 Å². The molecule has 0 aliphatic rings. The number of thiophene rings is 1. The Labute approximate surface area is 129 Å². The third kappa shape index (κ3) is 3.43. The molecule has 0 saturated carbocycles. The molecule has 2 rings (SSSR count). The van der Waals surface area contributed by atoms with Gasteiger partial charge in [0.1, 0.15) is 0 Å². The van der Waals surface area contributed by atoms with Crippen LogP contribution in [0.5, 0.6) is 0 Å². The number of hydrogen-bond donors (Lipinski definition) is 2. The number of carboxylic acids is 1. The van der Waals surface area contributed by atoms with Crippen LogP contribution in [0.2, 0.25) is 0 Å². The highest BCUT2D eigenvalue weighted by Gasteiger charge is 2.13. The summed E-state index contributed by atoms with van der Waals surface area (Å²) in [5, 5.41) is 11.5. The fraction of sp³-hybridized carbons (Fsp3) is 0. The molecule has 7 heteroatoms. The molecular weight excluding hydrogens is 398 g/mol. The summed E-state index contributed by atoms with van der Waals surface area (Å²) in [4.78, 5) is 23.3. The predicted octanol–water partition coefficient (Wildman–Crippen LogP) is 4.22. The Morgan fingerprint density at radius 3 is 2.53 bits per heavy atom. The van der Waals surface area contributed by atoms with E-state index in [2.05, 4.69) is 37.2 Å². The van der Waals surface area contributed by atoms with Gasteiger partial charge >= 0.3 is 5.97 Å². The van der Waals surface area contributed by atoms with Gasteiger partial charge in [0.15, 0.2) is 0 Å². The first-order chi connectivity index (χ1) is 8.97. The molecule has 0 aliphatic heterocycles. The van der Waals surface area contributed by atoms with Gasteiger partial charge in [0.2, 0.25) is 0 Å². The number of nitrogens with one attached hydrogen (secondary N) is 1. The lowest BCUT2D eigenvalue weighted by Crippen LogP contribution is -2.10. The van der Waals surface area contributed by atoms with Gasteiger partial charge < -0.3 is 10.4 Å². The SMILES string of the molecule is O=C(O)c1cccc(NC(=O)c2cc(Br)c(Br)s2)c1. The van der Waals surface area contributed by atoms with Crippen molar-refractivity contribution >= 4 is 60.8 Å². The fourth-order valence-corrected chi connectivity index (χ4v) is 3.31. The van der Waals surface area contributed by atoms with Crippen molar-refractivity contribution in [3.8, 4) is 0 Å². The molecule has 1 aromatic heterocycles. The molecule has 0 fully saturated rings. The summed E-state index contributed by atoms with van der Waals surface area (Å²) in [5.41, 5.74) is 0.580. The summed E-state index contributed by atoms with van der Waals surface area (Å²) in [6, 6.07) is 7.81. The molecular formula is C12H7Br2NO3S. The predicted molar refractivity (Wildman–Crippen MR) is 81.1 cm³/mol. The molecule has 0 bridgehead atoms. The molecule has 0 radical (unpaired) electrons. The minimum atomic E-state index is -1.03. The van der Waals surface area contributed by atoms with Crippen molar-refractivity contribution in [2.45, 2.75) is 0 Å². The van der Waals surface area contributed by atoms with Crippen molar-refractivity contribution in [3.63, 3.8) is 0 Å². The van der Waals surface area contributed by atoms with Crippen LogP contribution in [0.25, 0.3) is 0 Å². The molecule has 98 valence electrons. The first kappa shape index (κ1) is 14.2. The largest absolute Gasteiger partial charge is 0.478 e. The van der Waals surface area contributed by atoms with Gasteiger partial charge in [-0.1, -0.05) is 6.07 Å². The lowest BCUT2D eigenvalue weighted by molar-refractivity contribution is 0.0696. The van der Waals surface area contributed by atoms with Gasteiger partial charge in [-0.15, -0.1) is 11.3 Å². The number of amides is 1. The molecule has 1 amide bonds. The Morgan fingerprint density at radius 1 is 1.21 bits per heavy atom. The van der Waals surface area contributed by atoms with Gasteiger partial charge in [-0.3, -0.25) is 4.79 Å². The van der Waals surface area contributed by atoms with Crippen LogP contribution >= 0.6 is 43.2 Å². The number of carboxylic acid groups (broad SMARTS) is 1.